The lowest BCUT2D eigenvalue weighted by molar-refractivity contribution is -0.127. The van der Waals surface area contributed by atoms with Gasteiger partial charge in [-0.2, -0.15) is 11.8 Å². The second-order valence-corrected chi connectivity index (χ2v) is 6.53. The maximum Gasteiger partial charge on any atom is 0.239 e. The molecule has 0 aromatic rings. The summed E-state index contributed by atoms with van der Waals surface area (Å²) in [5, 5.41) is 5.52. The largest absolute Gasteiger partial charge is 0.347 e. The van der Waals surface area contributed by atoms with Crippen molar-refractivity contribution in [1.82, 2.24) is 10.6 Å². The van der Waals surface area contributed by atoms with Crippen molar-refractivity contribution in [2.45, 2.75) is 39.4 Å². The second kappa shape index (κ2) is 9.83. The molecule has 0 aromatic heterocycles. The number of carbonyl (C=O) groups excluding carboxylic acids is 3. The second-order valence-electron chi connectivity index (χ2n) is 4.84. The van der Waals surface area contributed by atoms with Crippen molar-refractivity contribution in [2.24, 2.45) is 5.92 Å². The summed E-state index contributed by atoms with van der Waals surface area (Å²) in [5.41, 5.74) is 0. The molecule has 0 fully saturated rings. The lowest BCUT2D eigenvalue weighted by atomic mass is 10.1. The van der Waals surface area contributed by atoms with Crippen LogP contribution in [-0.4, -0.2) is 41.7 Å². The number of thioether (sulfide) groups is 1. The molecule has 0 aliphatic rings. The summed E-state index contributed by atoms with van der Waals surface area (Å²) in [4.78, 5) is 34.1. The van der Waals surface area contributed by atoms with Gasteiger partial charge in [-0.3, -0.25) is 14.4 Å². The third-order valence-corrected chi connectivity index (χ3v) is 3.44. The van der Waals surface area contributed by atoms with Crippen molar-refractivity contribution in [3.05, 3.63) is 0 Å². The Bertz CT molecular complexity index is 327. The molecule has 0 heterocycles. The summed E-state index contributed by atoms with van der Waals surface area (Å²) in [7, 11) is 0. The van der Waals surface area contributed by atoms with Crippen molar-refractivity contribution < 1.29 is 17.2 Å². The molecular formula is C13H28N2O3S. The molecule has 0 bridgehead atoms. The van der Waals surface area contributed by atoms with Crippen LogP contribution >= 0.6 is 11.8 Å². The van der Waals surface area contributed by atoms with Crippen LogP contribution in [0, 0.1) is 5.92 Å². The first-order chi connectivity index (χ1) is 8.82. The van der Waals surface area contributed by atoms with Crippen LogP contribution in [0.3, 0.4) is 0 Å². The van der Waals surface area contributed by atoms with Crippen LogP contribution < -0.4 is 10.6 Å². The smallest absolute Gasteiger partial charge is 0.239 e. The van der Waals surface area contributed by atoms with E-state index in [-0.39, 0.29) is 39.5 Å². The third kappa shape index (κ3) is 10.6. The van der Waals surface area contributed by atoms with Crippen LogP contribution in [0.1, 0.15) is 37.0 Å². The molecule has 6 heteroatoms. The molecule has 0 aliphatic carbocycles. The van der Waals surface area contributed by atoms with E-state index in [2.05, 4.69) is 24.5 Å². The molecule has 19 heavy (non-hydrogen) atoms. The van der Waals surface area contributed by atoms with Crippen molar-refractivity contribution in [3.63, 3.8) is 0 Å². The number of Topliss-reactive ketones (excluding diaryl/α,β-unsaturated/α-hetero) is 1. The predicted molar refractivity (Wildman–Crippen MR) is 82.3 cm³/mol. The van der Waals surface area contributed by atoms with Crippen LogP contribution in [0.4, 0.5) is 0 Å². The van der Waals surface area contributed by atoms with Crippen molar-refractivity contribution in [2.75, 3.05) is 18.8 Å². The number of rotatable bonds is 9. The average Bonchev–Trinajstić information content (AvgIpc) is 2.32. The lowest BCUT2D eigenvalue weighted by Gasteiger charge is -2.08. The Morgan fingerprint density at radius 2 is 1.58 bits per heavy atom. The van der Waals surface area contributed by atoms with Crippen molar-refractivity contribution in [1.29, 1.82) is 0 Å². The molecule has 2 N–H and O–H groups in total. The van der Waals surface area contributed by atoms with Crippen LogP contribution in [0.2, 0.25) is 0 Å². The van der Waals surface area contributed by atoms with Crippen LogP contribution in [0.25, 0.3) is 0 Å². The molecule has 114 valence electrons. The van der Waals surface area contributed by atoms with Gasteiger partial charge in [0, 0.05) is 20.9 Å². The zero-order chi connectivity index (χ0) is 14.8. The van der Waals surface area contributed by atoms with Crippen LogP contribution in [0.15, 0.2) is 0 Å². The highest BCUT2D eigenvalue weighted by Gasteiger charge is 2.10. The fraction of sp³-hybridized carbons (Fsp3) is 0.769. The van der Waals surface area contributed by atoms with Gasteiger partial charge in [-0.1, -0.05) is 27.7 Å². The first kappa shape index (κ1) is 18.0. The van der Waals surface area contributed by atoms with Gasteiger partial charge >= 0.3 is 0 Å². The van der Waals surface area contributed by atoms with Gasteiger partial charge in [0.05, 0.1) is 13.1 Å². The fourth-order valence-electron chi connectivity index (χ4n) is 1.11. The lowest BCUT2D eigenvalue weighted by Crippen LogP contribution is -2.39. The Labute approximate surface area is 122 Å². The van der Waals surface area contributed by atoms with E-state index < -0.39 is 0 Å². The molecule has 0 unspecified atom stereocenters. The number of hydrogen-bond donors (Lipinski definition) is 2. The monoisotopic (exact) mass is 292 g/mol. The summed E-state index contributed by atoms with van der Waals surface area (Å²) < 4.78 is 0. The third-order valence-electron chi connectivity index (χ3n) is 2.33. The van der Waals surface area contributed by atoms with E-state index in [1.807, 2.05) is 0 Å². The molecule has 2 amide bonds. The molecule has 0 aromatic carbocycles. The molecule has 0 rings (SSSR count). The van der Waals surface area contributed by atoms with E-state index in [9.17, 15) is 14.4 Å². The maximum atomic E-state index is 11.4. The van der Waals surface area contributed by atoms with E-state index >= 15 is 0 Å². The van der Waals surface area contributed by atoms with Gasteiger partial charge in [0.25, 0.3) is 0 Å². The quantitative estimate of drug-likeness (QED) is 0.675. The van der Waals surface area contributed by atoms with Gasteiger partial charge in [-0.05, 0) is 5.25 Å². The minimum absolute atomic E-state index is 0. The van der Waals surface area contributed by atoms with Crippen molar-refractivity contribution in [3.8, 4) is 0 Å². The number of nitrogens with one attached hydrogen (secondary N) is 2. The Balaban J connectivity index is -0.00000162. The highest BCUT2D eigenvalue weighted by Crippen LogP contribution is 2.09. The zero-order valence-corrected chi connectivity index (χ0v) is 12.9. The van der Waals surface area contributed by atoms with E-state index in [0.29, 0.717) is 11.7 Å². The summed E-state index contributed by atoms with van der Waals surface area (Å²) in [6.07, 6.45) is 0.404. The number of carbonyl (C=O) groups is 3. The first-order valence-electron chi connectivity index (χ1n) is 6.50. The van der Waals surface area contributed by atoms with Gasteiger partial charge in [-0.15, -0.1) is 0 Å². The fourth-order valence-corrected chi connectivity index (χ4v) is 1.88. The molecule has 0 atom stereocenters. The maximum absolute atomic E-state index is 11.4. The molecular weight excluding hydrogens is 264 g/mol. The van der Waals surface area contributed by atoms with E-state index in [1.54, 1.807) is 25.6 Å². The molecule has 0 aliphatic heterocycles. The Kier molecular flexibility index (Phi) is 9.30. The van der Waals surface area contributed by atoms with Gasteiger partial charge < -0.3 is 10.6 Å². The Morgan fingerprint density at radius 3 is 2.11 bits per heavy atom. The van der Waals surface area contributed by atoms with E-state index in [0.717, 1.165) is 5.75 Å². The molecule has 0 spiro atoms. The van der Waals surface area contributed by atoms with E-state index in [1.165, 1.54) is 0 Å². The van der Waals surface area contributed by atoms with Crippen LogP contribution in [0.5, 0.6) is 0 Å². The molecule has 5 nitrogen and oxygen atoms in total. The van der Waals surface area contributed by atoms with Gasteiger partial charge in [0.2, 0.25) is 11.8 Å². The summed E-state index contributed by atoms with van der Waals surface area (Å²) in [6, 6.07) is 0. The highest BCUT2D eigenvalue weighted by atomic mass is 32.2. The number of ketones is 1. The molecule has 0 saturated carbocycles. The standard InChI is InChI=1S/C13H24N2O3S.2H2/c1-9(2)11(16)7-14-13(18)8-15-12(17)5-6-19-10(3)4;;/h9-10H,5-8H2,1-4H3,(H,14,18)(H,15,17);2*1H. The summed E-state index contributed by atoms with van der Waals surface area (Å²) in [5.74, 6) is 0.157. The zero-order valence-electron chi connectivity index (χ0n) is 12.1. The predicted octanol–water partition coefficient (Wildman–Crippen LogP) is 1.47. The average molecular weight is 292 g/mol. The molecule has 0 saturated heterocycles. The summed E-state index contributed by atoms with van der Waals surface area (Å²) in [6.45, 7) is 7.65. The van der Waals surface area contributed by atoms with Crippen molar-refractivity contribution >= 4 is 29.4 Å². The minimum atomic E-state index is -0.334. The Morgan fingerprint density at radius 1 is 1.00 bits per heavy atom. The molecule has 0 radical (unpaired) electrons. The SMILES string of the molecule is CC(C)SCCC(=O)NCC(=O)NCC(=O)C(C)C.[HH].[HH]. The highest BCUT2D eigenvalue weighted by molar-refractivity contribution is 7.99. The van der Waals surface area contributed by atoms with Gasteiger partial charge in [0.1, 0.15) is 0 Å². The topological polar surface area (TPSA) is 75.3 Å². The number of hydrogen-bond acceptors (Lipinski definition) is 4. The van der Waals surface area contributed by atoms with Gasteiger partial charge in [0.15, 0.2) is 5.78 Å². The Hall–Kier alpha value is -1.04. The minimum Gasteiger partial charge on any atom is -0.347 e. The summed E-state index contributed by atoms with van der Waals surface area (Å²) >= 11 is 1.71. The van der Waals surface area contributed by atoms with Crippen LogP contribution in [-0.2, 0) is 14.4 Å². The van der Waals surface area contributed by atoms with E-state index in [4.69, 9.17) is 0 Å². The van der Waals surface area contributed by atoms with Gasteiger partial charge in [-0.25, -0.2) is 0 Å². The first-order valence-corrected chi connectivity index (χ1v) is 7.55. The number of amides is 2. The normalized spacial score (nSPS) is 10.6.